The van der Waals surface area contributed by atoms with E-state index in [1.165, 1.54) is 32.1 Å². The molecule has 0 aliphatic heterocycles. The van der Waals surface area contributed by atoms with Crippen LogP contribution in [0.15, 0.2) is 29.2 Å². The molecular formula is C19H24ClNOS. The number of thioether (sulfide) groups is 1. The van der Waals surface area contributed by atoms with Gasteiger partial charge in [-0.05, 0) is 87.0 Å². The number of benzene rings is 1. The Kier molecular flexibility index (Phi) is 4.36. The van der Waals surface area contributed by atoms with Gasteiger partial charge in [0.25, 0.3) is 0 Å². The predicted molar refractivity (Wildman–Crippen MR) is 95.7 cm³/mol. The summed E-state index contributed by atoms with van der Waals surface area (Å²) in [6, 6.07) is 8.17. The van der Waals surface area contributed by atoms with E-state index in [0.29, 0.717) is 6.04 Å². The van der Waals surface area contributed by atoms with Crippen LogP contribution < -0.4 is 5.32 Å². The van der Waals surface area contributed by atoms with Gasteiger partial charge >= 0.3 is 0 Å². The van der Waals surface area contributed by atoms with Gasteiger partial charge in [0.05, 0.1) is 5.25 Å². The van der Waals surface area contributed by atoms with Crippen LogP contribution in [0.25, 0.3) is 0 Å². The van der Waals surface area contributed by atoms with E-state index in [1.807, 2.05) is 31.2 Å². The Bertz CT molecular complexity index is 560. The Hall–Kier alpha value is -0.670. The maximum atomic E-state index is 12.6. The van der Waals surface area contributed by atoms with Crippen LogP contribution in [0.4, 0.5) is 0 Å². The summed E-state index contributed by atoms with van der Waals surface area (Å²) in [6.07, 6.45) is 6.83. The van der Waals surface area contributed by atoms with E-state index in [1.54, 1.807) is 11.8 Å². The summed E-state index contributed by atoms with van der Waals surface area (Å²) in [5.41, 5.74) is 0. The SMILES string of the molecule is CC(Sc1ccc(Cl)cc1)C(=O)NC1C2CC3CC(C2)CC1C3. The molecule has 1 amide bonds. The first kappa shape index (κ1) is 15.8. The van der Waals surface area contributed by atoms with Crippen LogP contribution in [0.3, 0.4) is 0 Å². The van der Waals surface area contributed by atoms with Crippen molar-refractivity contribution in [2.45, 2.75) is 55.2 Å². The highest BCUT2D eigenvalue weighted by Gasteiger charge is 2.48. The summed E-state index contributed by atoms with van der Waals surface area (Å²) < 4.78 is 0. The summed E-state index contributed by atoms with van der Waals surface area (Å²) >= 11 is 7.54. The molecule has 23 heavy (non-hydrogen) atoms. The lowest BCUT2D eigenvalue weighted by Crippen LogP contribution is -2.56. The predicted octanol–water partition coefficient (Wildman–Crippen LogP) is 4.76. The third-order valence-corrected chi connectivity index (χ3v) is 7.40. The van der Waals surface area contributed by atoms with Crippen LogP contribution in [-0.2, 0) is 4.79 Å². The number of carbonyl (C=O) groups excluding carboxylic acids is 1. The van der Waals surface area contributed by atoms with Gasteiger partial charge in [0.1, 0.15) is 0 Å². The summed E-state index contributed by atoms with van der Waals surface area (Å²) in [7, 11) is 0. The Morgan fingerprint density at radius 1 is 1.09 bits per heavy atom. The smallest absolute Gasteiger partial charge is 0.233 e. The van der Waals surface area contributed by atoms with Gasteiger partial charge in [-0.3, -0.25) is 4.79 Å². The minimum absolute atomic E-state index is 0.0617. The molecule has 0 radical (unpaired) electrons. The molecule has 4 aliphatic rings. The standard InChI is InChI=1S/C19H24ClNOS/c1-11(23-17-4-2-16(20)3-5-17)19(22)21-18-14-7-12-6-13(9-14)10-15(18)8-12/h2-5,11-15,18H,6-10H2,1H3,(H,21,22). The van der Waals surface area contributed by atoms with Gasteiger partial charge in [-0.1, -0.05) is 11.6 Å². The maximum absolute atomic E-state index is 12.6. The normalized spacial score (nSPS) is 36.0. The van der Waals surface area contributed by atoms with Gasteiger partial charge in [0, 0.05) is 16.0 Å². The first-order valence-corrected chi connectivity index (χ1v) is 10.1. The Morgan fingerprint density at radius 3 is 2.22 bits per heavy atom. The fourth-order valence-corrected chi connectivity index (χ4v) is 6.22. The zero-order valence-electron chi connectivity index (χ0n) is 13.5. The van der Waals surface area contributed by atoms with E-state index in [0.717, 1.165) is 33.6 Å². The Balaban J connectivity index is 1.37. The number of halogens is 1. The summed E-state index contributed by atoms with van der Waals surface area (Å²) in [5, 5.41) is 4.08. The third kappa shape index (κ3) is 3.28. The highest BCUT2D eigenvalue weighted by Crippen LogP contribution is 2.53. The minimum atomic E-state index is -0.0617. The van der Waals surface area contributed by atoms with E-state index in [2.05, 4.69) is 5.32 Å². The van der Waals surface area contributed by atoms with Crippen LogP contribution >= 0.6 is 23.4 Å². The van der Waals surface area contributed by atoms with Gasteiger partial charge in [-0.15, -0.1) is 11.8 Å². The van der Waals surface area contributed by atoms with Crippen molar-refractivity contribution in [1.82, 2.24) is 5.32 Å². The molecule has 124 valence electrons. The van der Waals surface area contributed by atoms with E-state index in [-0.39, 0.29) is 11.2 Å². The van der Waals surface area contributed by atoms with Crippen molar-refractivity contribution in [3.8, 4) is 0 Å². The molecule has 4 bridgehead atoms. The number of hydrogen-bond donors (Lipinski definition) is 1. The summed E-state index contributed by atoms with van der Waals surface area (Å²) in [5.74, 6) is 3.58. The van der Waals surface area contributed by atoms with Gasteiger partial charge in [-0.2, -0.15) is 0 Å². The molecule has 0 spiro atoms. The van der Waals surface area contributed by atoms with Crippen LogP contribution in [0, 0.1) is 23.7 Å². The summed E-state index contributed by atoms with van der Waals surface area (Å²) in [6.45, 7) is 2.00. The Morgan fingerprint density at radius 2 is 1.65 bits per heavy atom. The quantitative estimate of drug-likeness (QED) is 0.794. The van der Waals surface area contributed by atoms with Gasteiger partial charge < -0.3 is 5.32 Å². The maximum Gasteiger partial charge on any atom is 0.233 e. The number of carbonyl (C=O) groups is 1. The molecule has 1 N–H and O–H groups in total. The van der Waals surface area contributed by atoms with Gasteiger partial charge in [0.2, 0.25) is 5.91 Å². The molecule has 1 aromatic carbocycles. The lowest BCUT2D eigenvalue weighted by Gasteiger charge is -2.54. The lowest BCUT2D eigenvalue weighted by molar-refractivity contribution is -0.124. The molecule has 1 aromatic rings. The highest BCUT2D eigenvalue weighted by atomic mass is 35.5. The molecular weight excluding hydrogens is 326 g/mol. The minimum Gasteiger partial charge on any atom is -0.352 e. The number of nitrogens with one attached hydrogen (secondary N) is 1. The van der Waals surface area contributed by atoms with Crippen molar-refractivity contribution in [3.05, 3.63) is 29.3 Å². The fourth-order valence-electron chi connectivity index (χ4n) is 5.21. The van der Waals surface area contributed by atoms with Gasteiger partial charge in [-0.25, -0.2) is 0 Å². The first-order chi connectivity index (χ1) is 11.1. The first-order valence-electron chi connectivity index (χ1n) is 8.81. The average molecular weight is 350 g/mol. The number of amides is 1. The zero-order valence-corrected chi connectivity index (χ0v) is 15.1. The molecule has 0 aromatic heterocycles. The van der Waals surface area contributed by atoms with E-state index >= 15 is 0 Å². The van der Waals surface area contributed by atoms with E-state index in [9.17, 15) is 4.79 Å². The number of hydrogen-bond acceptors (Lipinski definition) is 2. The van der Waals surface area contributed by atoms with Crippen LogP contribution in [0.1, 0.15) is 39.0 Å². The molecule has 4 saturated carbocycles. The largest absolute Gasteiger partial charge is 0.352 e. The van der Waals surface area contributed by atoms with Crippen LogP contribution in [0.5, 0.6) is 0 Å². The van der Waals surface area contributed by atoms with Gasteiger partial charge in [0.15, 0.2) is 0 Å². The van der Waals surface area contributed by atoms with E-state index in [4.69, 9.17) is 11.6 Å². The second-order valence-corrected chi connectivity index (χ2v) is 9.53. The van der Waals surface area contributed by atoms with Crippen LogP contribution in [-0.4, -0.2) is 17.2 Å². The molecule has 2 nitrogen and oxygen atoms in total. The Labute approximate surface area is 147 Å². The third-order valence-electron chi connectivity index (χ3n) is 6.03. The molecule has 4 fully saturated rings. The second-order valence-electron chi connectivity index (χ2n) is 7.68. The average Bonchev–Trinajstić information content (AvgIpc) is 2.52. The molecule has 0 heterocycles. The van der Waals surface area contributed by atoms with Crippen molar-refractivity contribution in [1.29, 1.82) is 0 Å². The molecule has 5 rings (SSSR count). The molecule has 1 unspecified atom stereocenters. The molecule has 1 atom stereocenters. The van der Waals surface area contributed by atoms with Crippen molar-refractivity contribution in [2.24, 2.45) is 23.7 Å². The van der Waals surface area contributed by atoms with Crippen LogP contribution in [0.2, 0.25) is 5.02 Å². The fraction of sp³-hybridized carbons (Fsp3) is 0.632. The molecule has 4 aliphatic carbocycles. The summed E-state index contributed by atoms with van der Waals surface area (Å²) in [4.78, 5) is 13.7. The highest BCUT2D eigenvalue weighted by molar-refractivity contribution is 8.00. The zero-order chi connectivity index (χ0) is 16.0. The molecule has 0 saturated heterocycles. The van der Waals surface area contributed by atoms with Crippen molar-refractivity contribution >= 4 is 29.3 Å². The topological polar surface area (TPSA) is 29.1 Å². The van der Waals surface area contributed by atoms with Crippen molar-refractivity contribution in [2.75, 3.05) is 0 Å². The monoisotopic (exact) mass is 349 g/mol. The van der Waals surface area contributed by atoms with E-state index < -0.39 is 0 Å². The number of rotatable bonds is 4. The second kappa shape index (κ2) is 6.33. The van der Waals surface area contributed by atoms with Crippen molar-refractivity contribution < 1.29 is 4.79 Å². The van der Waals surface area contributed by atoms with Crippen molar-refractivity contribution in [3.63, 3.8) is 0 Å². The molecule has 4 heteroatoms. The lowest BCUT2D eigenvalue weighted by atomic mass is 9.54.